The van der Waals surface area contributed by atoms with Crippen LogP contribution in [-0.4, -0.2) is 10.2 Å². The monoisotopic (exact) mass is 347 g/mol. The van der Waals surface area contributed by atoms with Crippen LogP contribution in [-0.2, 0) is 6.54 Å². The fourth-order valence-electron chi connectivity index (χ4n) is 2.05. The highest BCUT2D eigenvalue weighted by atomic mass is 79.9. The first-order valence-corrected chi connectivity index (χ1v) is 7.97. The van der Waals surface area contributed by atoms with E-state index in [9.17, 15) is 0 Å². The number of H-pyrrole nitrogens is 1. The lowest BCUT2D eigenvalue weighted by Crippen LogP contribution is -2.01. The van der Waals surface area contributed by atoms with E-state index in [4.69, 9.17) is 0 Å². The molecular weight excluding hydrogens is 334 g/mol. The van der Waals surface area contributed by atoms with Gasteiger partial charge in [0.05, 0.1) is 16.8 Å². The highest BCUT2D eigenvalue weighted by Crippen LogP contribution is 2.27. The molecule has 0 spiro atoms. The second-order valence-corrected chi connectivity index (χ2v) is 6.42. The molecule has 0 amide bonds. The first-order chi connectivity index (χ1) is 9.74. The average Bonchev–Trinajstić information content (AvgIpc) is 3.09. The van der Waals surface area contributed by atoms with Gasteiger partial charge in [0.25, 0.3) is 0 Å². The Labute approximate surface area is 130 Å². The minimum atomic E-state index is 0.751. The Kier molecular flexibility index (Phi) is 3.89. The largest absolute Gasteiger partial charge is 0.381 e. The van der Waals surface area contributed by atoms with Crippen LogP contribution in [0.25, 0.3) is 10.6 Å². The lowest BCUT2D eigenvalue weighted by atomic mass is 10.2. The summed E-state index contributed by atoms with van der Waals surface area (Å²) >= 11 is 5.22. The SMILES string of the molecule is Cc1ccc(Br)cc1NCc1cn[nH]c1-c1cccs1. The van der Waals surface area contributed by atoms with Gasteiger partial charge in [0.1, 0.15) is 0 Å². The fraction of sp³-hybridized carbons (Fsp3) is 0.133. The summed E-state index contributed by atoms with van der Waals surface area (Å²) in [7, 11) is 0. The van der Waals surface area contributed by atoms with Crippen LogP contribution in [0, 0.1) is 6.92 Å². The smallest absolute Gasteiger partial charge is 0.0799 e. The molecule has 0 bridgehead atoms. The molecule has 0 aliphatic rings. The number of benzene rings is 1. The maximum atomic E-state index is 4.16. The molecule has 0 saturated carbocycles. The molecule has 3 rings (SSSR count). The number of hydrogen-bond acceptors (Lipinski definition) is 3. The van der Waals surface area contributed by atoms with E-state index in [0.717, 1.165) is 22.4 Å². The Balaban J connectivity index is 1.79. The van der Waals surface area contributed by atoms with Gasteiger partial charge < -0.3 is 5.32 Å². The number of aromatic amines is 1. The third kappa shape index (κ3) is 2.78. The quantitative estimate of drug-likeness (QED) is 0.710. The lowest BCUT2D eigenvalue weighted by Gasteiger charge is -2.10. The molecule has 2 aromatic heterocycles. The summed E-state index contributed by atoms with van der Waals surface area (Å²) in [6, 6.07) is 10.4. The van der Waals surface area contributed by atoms with Gasteiger partial charge in [-0.15, -0.1) is 11.3 Å². The standard InChI is InChI=1S/C15H14BrN3S/c1-10-4-5-12(16)7-13(10)17-8-11-9-18-19-15(11)14-3-2-6-20-14/h2-7,9,17H,8H2,1H3,(H,18,19). The van der Waals surface area contributed by atoms with Crippen molar-refractivity contribution in [3.63, 3.8) is 0 Å². The van der Waals surface area contributed by atoms with E-state index in [2.05, 4.69) is 74.1 Å². The Morgan fingerprint density at radius 2 is 2.25 bits per heavy atom. The molecule has 0 fully saturated rings. The van der Waals surface area contributed by atoms with E-state index in [1.807, 2.05) is 6.20 Å². The van der Waals surface area contributed by atoms with Gasteiger partial charge in [-0.3, -0.25) is 5.10 Å². The second-order valence-electron chi connectivity index (χ2n) is 4.56. The van der Waals surface area contributed by atoms with E-state index in [1.165, 1.54) is 16.0 Å². The fourth-order valence-corrected chi connectivity index (χ4v) is 3.17. The van der Waals surface area contributed by atoms with Crippen molar-refractivity contribution in [3.8, 4) is 10.6 Å². The van der Waals surface area contributed by atoms with E-state index in [0.29, 0.717) is 0 Å². The molecule has 0 saturated heterocycles. The van der Waals surface area contributed by atoms with Gasteiger partial charge in [0.15, 0.2) is 0 Å². The zero-order valence-corrected chi connectivity index (χ0v) is 13.4. The minimum Gasteiger partial charge on any atom is -0.381 e. The first-order valence-electron chi connectivity index (χ1n) is 6.30. The maximum Gasteiger partial charge on any atom is 0.0799 e. The molecule has 1 aromatic carbocycles. The van der Waals surface area contributed by atoms with Gasteiger partial charge in [-0.2, -0.15) is 5.10 Å². The molecule has 0 atom stereocenters. The molecule has 3 nitrogen and oxygen atoms in total. The predicted molar refractivity (Wildman–Crippen MR) is 88.1 cm³/mol. The number of anilines is 1. The van der Waals surface area contributed by atoms with Crippen molar-refractivity contribution in [2.24, 2.45) is 0 Å². The summed E-state index contributed by atoms with van der Waals surface area (Å²) in [5.74, 6) is 0. The van der Waals surface area contributed by atoms with Crippen LogP contribution in [0.2, 0.25) is 0 Å². The number of rotatable bonds is 4. The first kappa shape index (κ1) is 13.4. The summed E-state index contributed by atoms with van der Waals surface area (Å²) in [6.45, 7) is 2.85. The summed E-state index contributed by atoms with van der Waals surface area (Å²) in [5.41, 5.74) is 4.64. The van der Waals surface area contributed by atoms with Gasteiger partial charge in [-0.1, -0.05) is 28.1 Å². The summed E-state index contributed by atoms with van der Waals surface area (Å²) < 4.78 is 1.08. The highest BCUT2D eigenvalue weighted by molar-refractivity contribution is 9.10. The molecule has 0 aliphatic heterocycles. The van der Waals surface area contributed by atoms with E-state index in [-0.39, 0.29) is 0 Å². The third-order valence-corrected chi connectivity index (χ3v) is 4.53. The molecular formula is C15H14BrN3S. The van der Waals surface area contributed by atoms with Crippen LogP contribution < -0.4 is 5.32 Å². The van der Waals surface area contributed by atoms with Crippen LogP contribution >= 0.6 is 27.3 Å². The predicted octanol–water partition coefficient (Wildman–Crippen LogP) is 4.82. The van der Waals surface area contributed by atoms with Crippen LogP contribution in [0.15, 0.2) is 46.4 Å². The van der Waals surface area contributed by atoms with Gasteiger partial charge in [-0.05, 0) is 36.1 Å². The normalized spacial score (nSPS) is 10.7. The van der Waals surface area contributed by atoms with Gasteiger partial charge in [0.2, 0.25) is 0 Å². The van der Waals surface area contributed by atoms with Crippen molar-refractivity contribution >= 4 is 33.0 Å². The number of nitrogens with zero attached hydrogens (tertiary/aromatic N) is 1. The molecule has 0 aliphatic carbocycles. The third-order valence-electron chi connectivity index (χ3n) is 3.15. The van der Waals surface area contributed by atoms with Crippen LogP contribution in [0.5, 0.6) is 0 Å². The molecule has 5 heteroatoms. The van der Waals surface area contributed by atoms with Gasteiger partial charge >= 0.3 is 0 Å². The number of aromatic nitrogens is 2. The van der Waals surface area contributed by atoms with Gasteiger partial charge in [0, 0.05) is 22.3 Å². The van der Waals surface area contributed by atoms with E-state index >= 15 is 0 Å². The molecule has 2 N–H and O–H groups in total. The summed E-state index contributed by atoms with van der Waals surface area (Å²) in [5, 5.41) is 12.8. The Bertz CT molecular complexity index is 704. The van der Waals surface area contributed by atoms with Crippen molar-refractivity contribution in [1.29, 1.82) is 0 Å². The highest BCUT2D eigenvalue weighted by Gasteiger charge is 2.09. The lowest BCUT2D eigenvalue weighted by molar-refractivity contribution is 1.10. The second kappa shape index (κ2) is 5.81. The van der Waals surface area contributed by atoms with Crippen molar-refractivity contribution in [2.75, 3.05) is 5.32 Å². The summed E-state index contributed by atoms with van der Waals surface area (Å²) in [6.07, 6.45) is 1.88. The molecule has 20 heavy (non-hydrogen) atoms. The molecule has 102 valence electrons. The molecule has 0 unspecified atom stereocenters. The number of hydrogen-bond donors (Lipinski definition) is 2. The maximum absolute atomic E-state index is 4.16. The zero-order chi connectivity index (χ0) is 13.9. The number of aryl methyl sites for hydroxylation is 1. The zero-order valence-electron chi connectivity index (χ0n) is 11.0. The molecule has 3 aromatic rings. The van der Waals surface area contributed by atoms with Crippen molar-refractivity contribution in [3.05, 3.63) is 57.5 Å². The van der Waals surface area contributed by atoms with E-state index in [1.54, 1.807) is 11.3 Å². The molecule has 0 radical (unpaired) electrons. The average molecular weight is 348 g/mol. The number of thiophene rings is 1. The van der Waals surface area contributed by atoms with Crippen molar-refractivity contribution in [2.45, 2.75) is 13.5 Å². The summed E-state index contributed by atoms with van der Waals surface area (Å²) in [4.78, 5) is 1.21. The van der Waals surface area contributed by atoms with E-state index < -0.39 is 0 Å². The van der Waals surface area contributed by atoms with Crippen molar-refractivity contribution < 1.29 is 0 Å². The topological polar surface area (TPSA) is 40.7 Å². The Morgan fingerprint density at radius 3 is 3.05 bits per heavy atom. The van der Waals surface area contributed by atoms with Crippen LogP contribution in [0.1, 0.15) is 11.1 Å². The Hall–Kier alpha value is -1.59. The van der Waals surface area contributed by atoms with Crippen LogP contribution in [0.3, 0.4) is 0 Å². The molecule has 2 heterocycles. The Morgan fingerprint density at radius 1 is 1.35 bits per heavy atom. The van der Waals surface area contributed by atoms with Gasteiger partial charge in [-0.25, -0.2) is 0 Å². The number of nitrogens with one attached hydrogen (secondary N) is 2. The van der Waals surface area contributed by atoms with Crippen LogP contribution in [0.4, 0.5) is 5.69 Å². The number of halogens is 1. The minimum absolute atomic E-state index is 0.751. The van der Waals surface area contributed by atoms with Crippen molar-refractivity contribution in [1.82, 2.24) is 10.2 Å².